The minimum atomic E-state index is -0.260. The number of aromatic amines is 1. The lowest BCUT2D eigenvalue weighted by molar-refractivity contribution is 0.0610. The van der Waals surface area contributed by atoms with Crippen molar-refractivity contribution in [3.05, 3.63) is 90.0 Å². The molecule has 196 valence electrons. The van der Waals surface area contributed by atoms with Gasteiger partial charge in [0.2, 0.25) is 0 Å². The molecule has 0 fully saturated rings. The van der Waals surface area contributed by atoms with Crippen molar-refractivity contribution < 1.29 is 19.0 Å². The maximum absolute atomic E-state index is 6.23. The Balaban J connectivity index is 1.62. The Morgan fingerprint density at radius 2 is 1.71 bits per heavy atom. The van der Waals surface area contributed by atoms with Crippen LogP contribution in [-0.4, -0.2) is 57.1 Å². The van der Waals surface area contributed by atoms with Gasteiger partial charge < -0.3 is 28.9 Å². The predicted octanol–water partition coefficient (Wildman–Crippen LogP) is 6.19. The van der Waals surface area contributed by atoms with Crippen molar-refractivity contribution >= 4 is 16.6 Å². The van der Waals surface area contributed by atoms with E-state index < -0.39 is 0 Å². The first-order chi connectivity index (χ1) is 18.5. The summed E-state index contributed by atoms with van der Waals surface area (Å²) < 4.78 is 17.3. The van der Waals surface area contributed by atoms with Crippen LogP contribution in [0, 0.1) is 0 Å². The van der Waals surface area contributed by atoms with E-state index in [0.717, 1.165) is 56.9 Å². The molecule has 1 aliphatic rings. The molecule has 7 nitrogen and oxygen atoms in total. The Morgan fingerprint density at radius 3 is 2.39 bits per heavy atom. The third-order valence-corrected chi connectivity index (χ3v) is 6.69. The fourth-order valence-corrected chi connectivity index (χ4v) is 4.74. The smallest absolute Gasteiger partial charge is 0.161 e. The highest BCUT2D eigenvalue weighted by Gasteiger charge is 2.32. The van der Waals surface area contributed by atoms with Gasteiger partial charge in [-0.1, -0.05) is 41.6 Å². The van der Waals surface area contributed by atoms with Gasteiger partial charge in [0, 0.05) is 40.6 Å². The molecule has 1 aromatic heterocycles. The highest BCUT2D eigenvalue weighted by atomic mass is 16.6. The molecule has 38 heavy (non-hydrogen) atoms. The molecular formula is C31H33N3O4. The number of hydrogen-bond acceptors (Lipinski definition) is 6. The van der Waals surface area contributed by atoms with Gasteiger partial charge in [-0.25, -0.2) is 0 Å². The number of methoxy groups -OCH3 is 2. The molecule has 5 rings (SSSR count). The van der Waals surface area contributed by atoms with Crippen LogP contribution in [0.5, 0.6) is 17.2 Å². The fourth-order valence-electron chi connectivity index (χ4n) is 4.74. The van der Waals surface area contributed by atoms with Gasteiger partial charge in [0.15, 0.2) is 17.6 Å². The summed E-state index contributed by atoms with van der Waals surface area (Å²) in [5, 5.41) is 5.79. The lowest BCUT2D eigenvalue weighted by Gasteiger charge is -2.15. The number of nitrogens with zero attached hydrogens (tertiary/aromatic N) is 2. The minimum absolute atomic E-state index is 0.260. The molecule has 0 saturated carbocycles. The van der Waals surface area contributed by atoms with Gasteiger partial charge in [0.25, 0.3) is 0 Å². The van der Waals surface area contributed by atoms with Gasteiger partial charge in [-0.05, 0) is 50.0 Å². The van der Waals surface area contributed by atoms with E-state index >= 15 is 0 Å². The van der Waals surface area contributed by atoms with Crippen LogP contribution >= 0.6 is 0 Å². The largest absolute Gasteiger partial charge is 0.493 e. The standard InChI is InChI=1S/C31H33N3O4/c1-6-10-26(20-11-8-7-9-12-20)38-33-31-23-19-28(36-5)27(35-4)18-22(23)30-29(31)24-17-21(13-14-25(24)32-30)37-16-15-34(2)3/h6-9,11-14,17-19,26,32H,1,10,15-16H2,2-5H3/b33-31+. The van der Waals surface area contributed by atoms with E-state index in [-0.39, 0.29) is 6.10 Å². The summed E-state index contributed by atoms with van der Waals surface area (Å²) in [5.41, 5.74) is 6.59. The number of nitrogens with one attached hydrogen (secondary N) is 1. The Kier molecular flexibility index (Phi) is 7.38. The molecule has 1 heterocycles. The van der Waals surface area contributed by atoms with Crippen molar-refractivity contribution in [2.24, 2.45) is 5.16 Å². The van der Waals surface area contributed by atoms with E-state index in [9.17, 15) is 0 Å². The monoisotopic (exact) mass is 511 g/mol. The van der Waals surface area contributed by atoms with Crippen molar-refractivity contribution in [1.29, 1.82) is 0 Å². The Labute approximate surface area is 223 Å². The van der Waals surface area contributed by atoms with Crippen molar-refractivity contribution in [3.63, 3.8) is 0 Å². The molecule has 0 aliphatic heterocycles. The number of hydrogen-bond donors (Lipinski definition) is 1. The van der Waals surface area contributed by atoms with E-state index in [4.69, 9.17) is 24.2 Å². The van der Waals surface area contributed by atoms with Crippen LogP contribution in [0.3, 0.4) is 0 Å². The molecule has 1 unspecified atom stereocenters. The third-order valence-electron chi connectivity index (χ3n) is 6.69. The van der Waals surface area contributed by atoms with E-state index in [1.165, 1.54) is 0 Å². The summed E-state index contributed by atoms with van der Waals surface area (Å²) in [6.45, 7) is 5.35. The van der Waals surface area contributed by atoms with Gasteiger partial charge in [0.1, 0.15) is 18.1 Å². The normalized spacial score (nSPS) is 13.9. The molecule has 0 spiro atoms. The Morgan fingerprint density at radius 1 is 0.974 bits per heavy atom. The summed E-state index contributed by atoms with van der Waals surface area (Å²) in [6, 6.07) is 20.1. The van der Waals surface area contributed by atoms with Gasteiger partial charge in [0.05, 0.1) is 19.9 Å². The maximum atomic E-state index is 6.23. The number of ether oxygens (including phenoxy) is 3. The van der Waals surface area contributed by atoms with Crippen molar-refractivity contribution in [2.75, 3.05) is 41.5 Å². The van der Waals surface area contributed by atoms with Crippen LogP contribution in [-0.2, 0) is 4.84 Å². The zero-order valence-corrected chi connectivity index (χ0v) is 22.3. The molecule has 0 amide bonds. The predicted molar refractivity (Wildman–Crippen MR) is 152 cm³/mol. The highest BCUT2D eigenvalue weighted by molar-refractivity contribution is 6.30. The fraction of sp³-hybridized carbons (Fsp3) is 0.258. The van der Waals surface area contributed by atoms with Gasteiger partial charge in [-0.15, -0.1) is 6.58 Å². The molecule has 1 atom stereocenters. The number of oxime groups is 1. The van der Waals surface area contributed by atoms with E-state index in [0.29, 0.717) is 24.5 Å². The first-order valence-electron chi connectivity index (χ1n) is 12.6. The van der Waals surface area contributed by atoms with E-state index in [2.05, 4.69) is 22.5 Å². The lowest BCUT2D eigenvalue weighted by Crippen LogP contribution is -2.19. The number of H-pyrrole nitrogens is 1. The van der Waals surface area contributed by atoms with E-state index in [1.54, 1.807) is 14.2 Å². The third kappa shape index (κ3) is 4.85. The molecular weight excluding hydrogens is 478 g/mol. The first kappa shape index (κ1) is 25.4. The van der Waals surface area contributed by atoms with Crippen LogP contribution < -0.4 is 14.2 Å². The molecule has 3 aromatic carbocycles. The van der Waals surface area contributed by atoms with Gasteiger partial charge in [-0.3, -0.25) is 0 Å². The second kappa shape index (κ2) is 11.0. The second-order valence-corrected chi connectivity index (χ2v) is 9.46. The number of fused-ring (bicyclic) bond motifs is 5. The number of rotatable bonds is 11. The van der Waals surface area contributed by atoms with Crippen LogP contribution in [0.4, 0.5) is 0 Å². The molecule has 1 aliphatic carbocycles. The van der Waals surface area contributed by atoms with Crippen LogP contribution in [0.2, 0.25) is 0 Å². The minimum Gasteiger partial charge on any atom is -0.493 e. The summed E-state index contributed by atoms with van der Waals surface area (Å²) in [4.78, 5) is 11.9. The van der Waals surface area contributed by atoms with Crippen molar-refractivity contribution in [1.82, 2.24) is 9.88 Å². The maximum Gasteiger partial charge on any atom is 0.161 e. The van der Waals surface area contributed by atoms with Crippen molar-refractivity contribution in [3.8, 4) is 28.5 Å². The zero-order chi connectivity index (χ0) is 26.6. The topological polar surface area (TPSA) is 68.3 Å². The van der Waals surface area contributed by atoms with Gasteiger partial charge >= 0.3 is 0 Å². The summed E-state index contributed by atoms with van der Waals surface area (Å²) >= 11 is 0. The quantitative estimate of drug-likeness (QED) is 0.169. The number of likely N-dealkylation sites (N-methyl/N-ethyl adjacent to an activating group) is 1. The zero-order valence-electron chi connectivity index (χ0n) is 22.3. The first-order valence-corrected chi connectivity index (χ1v) is 12.6. The average Bonchev–Trinajstić information content (AvgIpc) is 3.44. The number of benzene rings is 3. The highest BCUT2D eigenvalue weighted by Crippen LogP contribution is 2.46. The van der Waals surface area contributed by atoms with Crippen LogP contribution in [0.1, 0.15) is 29.2 Å². The van der Waals surface area contributed by atoms with Crippen LogP contribution in [0.15, 0.2) is 78.5 Å². The number of aromatic nitrogens is 1. The molecule has 4 aromatic rings. The molecule has 1 N–H and O–H groups in total. The SMILES string of the molecule is C=CCC(O/N=C1\c2cc(OC)c(OC)cc2-c2[nH]c3ccc(OCCN(C)C)cc3c21)c1ccccc1. The Bertz CT molecular complexity index is 1470. The summed E-state index contributed by atoms with van der Waals surface area (Å²) in [7, 11) is 7.33. The second-order valence-electron chi connectivity index (χ2n) is 9.46. The van der Waals surface area contributed by atoms with E-state index in [1.807, 2.05) is 74.8 Å². The molecule has 7 heteroatoms. The molecule has 0 radical (unpaired) electrons. The Hall–Kier alpha value is -4.23. The molecule has 0 bridgehead atoms. The van der Waals surface area contributed by atoms with Crippen molar-refractivity contribution in [2.45, 2.75) is 12.5 Å². The van der Waals surface area contributed by atoms with Crippen LogP contribution in [0.25, 0.3) is 22.2 Å². The summed E-state index contributed by atoms with van der Waals surface area (Å²) in [5.74, 6) is 2.09. The average molecular weight is 512 g/mol. The molecule has 0 saturated heterocycles. The summed E-state index contributed by atoms with van der Waals surface area (Å²) in [6.07, 6.45) is 2.22. The van der Waals surface area contributed by atoms with Gasteiger partial charge in [-0.2, -0.15) is 0 Å². The lowest BCUT2D eigenvalue weighted by atomic mass is 10.1.